The summed E-state index contributed by atoms with van der Waals surface area (Å²) < 4.78 is 7.23. The van der Waals surface area contributed by atoms with E-state index in [-0.39, 0.29) is 18.4 Å². The first-order valence-corrected chi connectivity index (χ1v) is 6.31. The van der Waals surface area contributed by atoms with Crippen LogP contribution in [0.25, 0.3) is 11.2 Å². The van der Waals surface area contributed by atoms with Gasteiger partial charge in [0, 0.05) is 6.42 Å². The average Bonchev–Trinajstić information content (AvgIpc) is 3.02. The van der Waals surface area contributed by atoms with Gasteiger partial charge in [0.15, 0.2) is 22.9 Å². The topological polar surface area (TPSA) is 158 Å². The van der Waals surface area contributed by atoms with Crippen LogP contribution in [0.4, 0.5) is 5.82 Å². The second-order valence-electron chi connectivity index (χ2n) is 4.67. The van der Waals surface area contributed by atoms with E-state index in [9.17, 15) is 5.11 Å². The molecule has 3 rings (SSSR count). The van der Waals surface area contributed by atoms with Crippen molar-refractivity contribution in [2.24, 2.45) is 16.5 Å². The molecule has 0 radical (unpaired) electrons. The van der Waals surface area contributed by atoms with Gasteiger partial charge in [-0.1, -0.05) is 0 Å². The highest BCUT2D eigenvalue weighted by Gasteiger charge is 2.35. The second-order valence-corrected chi connectivity index (χ2v) is 4.67. The molecule has 2 aromatic heterocycles. The van der Waals surface area contributed by atoms with E-state index >= 15 is 0 Å². The summed E-state index contributed by atoms with van der Waals surface area (Å²) in [5, 5.41) is 18.9. The van der Waals surface area contributed by atoms with E-state index in [1.54, 1.807) is 4.57 Å². The van der Waals surface area contributed by atoms with Crippen LogP contribution in [0.2, 0.25) is 0 Å². The Hall–Kier alpha value is -2.30. The first-order valence-electron chi connectivity index (χ1n) is 6.31. The van der Waals surface area contributed by atoms with Gasteiger partial charge in [-0.25, -0.2) is 15.0 Å². The van der Waals surface area contributed by atoms with E-state index in [1.165, 1.54) is 12.7 Å². The Kier molecular flexibility index (Phi) is 3.41. The molecular weight excluding hydrogens is 278 g/mol. The third-order valence-electron chi connectivity index (χ3n) is 3.27. The lowest BCUT2D eigenvalue weighted by Crippen LogP contribution is -2.24. The Balaban J connectivity index is 2.00. The minimum Gasteiger partial charge on any atom is -0.394 e. The van der Waals surface area contributed by atoms with Gasteiger partial charge in [0.1, 0.15) is 18.7 Å². The van der Waals surface area contributed by atoms with Crippen LogP contribution in [-0.4, -0.2) is 54.5 Å². The van der Waals surface area contributed by atoms with Crippen LogP contribution in [-0.2, 0) is 4.74 Å². The maximum atomic E-state index is 9.80. The van der Waals surface area contributed by atoms with E-state index in [4.69, 9.17) is 21.3 Å². The molecule has 10 nitrogen and oxygen atoms in total. The zero-order valence-corrected chi connectivity index (χ0v) is 11.0. The summed E-state index contributed by atoms with van der Waals surface area (Å²) in [5.74, 6) is 0.133. The highest BCUT2D eigenvalue weighted by Crippen LogP contribution is 2.31. The molecule has 6 N–H and O–H groups in total. The number of hydrogen-bond donors (Lipinski definition) is 4. The highest BCUT2D eigenvalue weighted by molar-refractivity contribution is 5.86. The van der Waals surface area contributed by atoms with E-state index in [2.05, 4.69) is 19.9 Å². The molecule has 0 amide bonds. The van der Waals surface area contributed by atoms with Gasteiger partial charge < -0.3 is 26.4 Å². The first-order chi connectivity index (χ1) is 10.1. The van der Waals surface area contributed by atoms with Crippen molar-refractivity contribution >= 4 is 22.9 Å². The lowest BCUT2D eigenvalue weighted by Gasteiger charge is -2.13. The van der Waals surface area contributed by atoms with E-state index in [0.29, 0.717) is 17.6 Å². The van der Waals surface area contributed by atoms with Crippen molar-refractivity contribution in [2.45, 2.75) is 24.9 Å². The normalized spacial score (nSPS) is 25.3. The zero-order chi connectivity index (χ0) is 15.0. The van der Waals surface area contributed by atoms with Crippen molar-refractivity contribution in [3.05, 3.63) is 12.7 Å². The Bertz CT molecular complexity index is 682. The van der Waals surface area contributed by atoms with Crippen LogP contribution in [0.15, 0.2) is 17.6 Å². The Morgan fingerprint density at radius 1 is 1.43 bits per heavy atom. The minimum absolute atomic E-state index is 0.127. The van der Waals surface area contributed by atoms with Crippen LogP contribution >= 0.6 is 0 Å². The fourth-order valence-corrected chi connectivity index (χ4v) is 2.30. The molecule has 1 aliphatic rings. The van der Waals surface area contributed by atoms with Crippen molar-refractivity contribution in [3.8, 4) is 0 Å². The Morgan fingerprint density at radius 3 is 2.90 bits per heavy atom. The van der Waals surface area contributed by atoms with E-state index in [0.717, 1.165) is 0 Å². The highest BCUT2D eigenvalue weighted by atomic mass is 16.5. The van der Waals surface area contributed by atoms with Crippen molar-refractivity contribution in [2.75, 3.05) is 6.61 Å². The van der Waals surface area contributed by atoms with Gasteiger partial charge in [-0.2, -0.15) is 4.99 Å². The number of hydrogen-bond acceptors (Lipinski definition) is 7. The Labute approximate surface area is 119 Å². The Morgan fingerprint density at radius 2 is 2.24 bits per heavy atom. The van der Waals surface area contributed by atoms with Gasteiger partial charge in [0.2, 0.25) is 0 Å². The molecule has 0 saturated carbocycles. The van der Waals surface area contributed by atoms with Gasteiger partial charge in [-0.3, -0.25) is 4.57 Å². The predicted octanol–water partition coefficient (Wildman–Crippen LogP) is -1.63. The number of aliphatic imine (C=N–C) groups is 1. The fraction of sp³-hybridized carbons (Fsp3) is 0.455. The molecule has 21 heavy (non-hydrogen) atoms. The number of aromatic nitrogens is 4. The van der Waals surface area contributed by atoms with Crippen LogP contribution in [0, 0.1) is 0 Å². The van der Waals surface area contributed by atoms with Gasteiger partial charge in [0.25, 0.3) is 0 Å². The monoisotopic (exact) mass is 293 g/mol. The number of aliphatic hydroxyl groups is 2. The SMILES string of the molecule is NC(N)=Nc1ncnc2c1ncn2[C@H]1C[C@H](O)[C@@H](CO)O1. The number of rotatable bonds is 3. The molecular formula is C11H15N7O3. The molecule has 3 heterocycles. The smallest absolute Gasteiger partial charge is 0.192 e. The third kappa shape index (κ3) is 2.39. The fourth-order valence-electron chi connectivity index (χ4n) is 2.30. The van der Waals surface area contributed by atoms with Crippen molar-refractivity contribution in [1.29, 1.82) is 0 Å². The zero-order valence-electron chi connectivity index (χ0n) is 11.0. The summed E-state index contributed by atoms with van der Waals surface area (Å²) in [6, 6.07) is 0. The molecule has 112 valence electrons. The maximum absolute atomic E-state index is 9.80. The molecule has 0 aromatic carbocycles. The average molecular weight is 293 g/mol. The number of fused-ring (bicyclic) bond motifs is 1. The lowest BCUT2D eigenvalue weighted by atomic mass is 10.2. The number of nitrogens with two attached hydrogens (primary N) is 2. The van der Waals surface area contributed by atoms with Gasteiger partial charge >= 0.3 is 0 Å². The van der Waals surface area contributed by atoms with Crippen molar-refractivity contribution in [1.82, 2.24) is 19.5 Å². The number of guanidine groups is 1. The van der Waals surface area contributed by atoms with Crippen molar-refractivity contribution < 1.29 is 14.9 Å². The molecule has 1 fully saturated rings. The number of nitrogens with zero attached hydrogens (tertiary/aromatic N) is 5. The van der Waals surface area contributed by atoms with E-state index < -0.39 is 18.4 Å². The molecule has 0 bridgehead atoms. The van der Waals surface area contributed by atoms with Gasteiger partial charge in [-0.15, -0.1) is 0 Å². The standard InChI is InChI=1S/C11H15N7O3/c12-11(13)17-9-8-10(15-3-14-9)18(4-16-8)7-1-5(20)6(2-19)21-7/h3-7,19-20H,1-2H2,(H4,12,13,14,15,17)/t5-,6+,7+/m0/s1. The van der Waals surface area contributed by atoms with Crippen molar-refractivity contribution in [3.63, 3.8) is 0 Å². The molecule has 2 aromatic rings. The number of imidazole rings is 1. The maximum Gasteiger partial charge on any atom is 0.192 e. The number of aliphatic hydroxyl groups excluding tert-OH is 2. The molecule has 0 aliphatic carbocycles. The summed E-state index contributed by atoms with van der Waals surface area (Å²) >= 11 is 0. The van der Waals surface area contributed by atoms with Gasteiger partial charge in [0.05, 0.1) is 19.0 Å². The summed E-state index contributed by atoms with van der Waals surface area (Å²) in [4.78, 5) is 16.2. The summed E-state index contributed by atoms with van der Waals surface area (Å²) in [5.41, 5.74) is 11.6. The van der Waals surface area contributed by atoms with Gasteiger partial charge in [-0.05, 0) is 0 Å². The third-order valence-corrected chi connectivity index (χ3v) is 3.27. The predicted molar refractivity (Wildman–Crippen MR) is 72.4 cm³/mol. The molecule has 0 spiro atoms. The van der Waals surface area contributed by atoms with Crippen LogP contribution in [0.3, 0.4) is 0 Å². The van der Waals surface area contributed by atoms with Crippen LogP contribution < -0.4 is 11.5 Å². The van der Waals surface area contributed by atoms with Crippen LogP contribution in [0.5, 0.6) is 0 Å². The molecule has 1 saturated heterocycles. The molecule has 3 atom stereocenters. The largest absolute Gasteiger partial charge is 0.394 e. The molecule has 0 unspecified atom stereocenters. The quantitative estimate of drug-likeness (QED) is 0.388. The van der Waals surface area contributed by atoms with Crippen LogP contribution in [0.1, 0.15) is 12.6 Å². The molecule has 1 aliphatic heterocycles. The first kappa shape index (κ1) is 13.7. The summed E-state index contributed by atoms with van der Waals surface area (Å²) in [7, 11) is 0. The summed E-state index contributed by atoms with van der Waals surface area (Å²) in [6.45, 7) is -0.251. The second kappa shape index (κ2) is 5.24. The lowest BCUT2D eigenvalue weighted by molar-refractivity contribution is -0.0432. The summed E-state index contributed by atoms with van der Waals surface area (Å²) in [6.07, 6.45) is 1.34. The van der Waals surface area contributed by atoms with E-state index in [1.807, 2.05) is 0 Å². The number of ether oxygens (including phenoxy) is 1. The molecule has 10 heteroatoms. The minimum atomic E-state index is -0.739.